The standard InChI is InChI=1S/C28H31F3N6O3/c1-3-12-37-25-21(23(34-37)27(40)36-13-6-9-19(36)15-32)20(16-10-11-16)22(26(39)35(25)4-2)33-24(38)17-7-5-8-18(14-17)28(29,30)31/h5,7-8,14,16,19-20,22H,3-4,6,9-13H2,1-2H3,(H,33,38)/t19-,20-,22-/m0/s1. The molecule has 1 saturated heterocycles. The normalized spacial score (nSPS) is 22.7. The third kappa shape index (κ3) is 4.82. The molecular formula is C28H31F3N6O3. The number of fused-ring (bicyclic) bond motifs is 1. The number of rotatable bonds is 7. The topological polar surface area (TPSA) is 111 Å². The summed E-state index contributed by atoms with van der Waals surface area (Å²) in [6.07, 6.45) is -1.11. The Morgan fingerprint density at radius 1 is 1.20 bits per heavy atom. The second kappa shape index (κ2) is 10.6. The number of halogens is 3. The summed E-state index contributed by atoms with van der Waals surface area (Å²) in [5.41, 5.74) is -0.428. The Kier molecular flexibility index (Phi) is 7.33. The van der Waals surface area contributed by atoms with E-state index in [1.54, 1.807) is 11.6 Å². The highest BCUT2D eigenvalue weighted by Crippen LogP contribution is 2.51. The Balaban J connectivity index is 1.58. The number of benzene rings is 1. The summed E-state index contributed by atoms with van der Waals surface area (Å²) in [6, 6.07) is 4.61. The number of anilines is 1. The van der Waals surface area contributed by atoms with Crippen LogP contribution in [0.15, 0.2) is 24.3 Å². The predicted molar refractivity (Wildman–Crippen MR) is 138 cm³/mol. The quantitative estimate of drug-likeness (QED) is 0.552. The van der Waals surface area contributed by atoms with Gasteiger partial charge < -0.3 is 10.2 Å². The molecular weight excluding hydrogens is 525 g/mol. The van der Waals surface area contributed by atoms with Crippen molar-refractivity contribution in [3.05, 3.63) is 46.6 Å². The Hall–Kier alpha value is -3.88. The molecule has 1 aliphatic carbocycles. The first-order valence-corrected chi connectivity index (χ1v) is 13.7. The van der Waals surface area contributed by atoms with E-state index in [4.69, 9.17) is 0 Å². The lowest BCUT2D eigenvalue weighted by molar-refractivity contribution is -0.137. The zero-order valence-corrected chi connectivity index (χ0v) is 22.4. The van der Waals surface area contributed by atoms with Gasteiger partial charge in [-0.25, -0.2) is 4.68 Å². The molecule has 3 aliphatic rings. The fourth-order valence-corrected chi connectivity index (χ4v) is 5.94. The molecule has 40 heavy (non-hydrogen) atoms. The summed E-state index contributed by atoms with van der Waals surface area (Å²) < 4.78 is 41.6. The molecule has 1 saturated carbocycles. The molecule has 0 bridgehead atoms. The largest absolute Gasteiger partial charge is 0.416 e. The maximum atomic E-state index is 13.9. The minimum absolute atomic E-state index is 0.00955. The highest BCUT2D eigenvalue weighted by molar-refractivity contribution is 6.07. The van der Waals surface area contributed by atoms with Crippen LogP contribution in [0.2, 0.25) is 0 Å². The zero-order chi connectivity index (χ0) is 28.8. The van der Waals surface area contributed by atoms with Gasteiger partial charge in [0, 0.05) is 36.7 Å². The summed E-state index contributed by atoms with van der Waals surface area (Å²) in [6.45, 7) is 4.86. The van der Waals surface area contributed by atoms with Crippen LogP contribution in [-0.4, -0.2) is 57.6 Å². The first-order valence-electron chi connectivity index (χ1n) is 13.7. The zero-order valence-electron chi connectivity index (χ0n) is 22.4. The Morgan fingerprint density at radius 3 is 2.58 bits per heavy atom. The molecule has 0 radical (unpaired) electrons. The lowest BCUT2D eigenvalue weighted by Gasteiger charge is -2.38. The summed E-state index contributed by atoms with van der Waals surface area (Å²) in [4.78, 5) is 44.0. The maximum Gasteiger partial charge on any atom is 0.416 e. The van der Waals surface area contributed by atoms with E-state index in [2.05, 4.69) is 16.5 Å². The molecule has 9 nitrogen and oxygen atoms in total. The Bertz CT molecular complexity index is 1380. The van der Waals surface area contributed by atoms with Gasteiger partial charge in [0.1, 0.15) is 17.9 Å². The molecule has 0 spiro atoms. The third-order valence-corrected chi connectivity index (χ3v) is 7.93. The van der Waals surface area contributed by atoms with Crippen molar-refractivity contribution in [2.24, 2.45) is 5.92 Å². The smallest absolute Gasteiger partial charge is 0.340 e. The molecule has 12 heteroatoms. The number of alkyl halides is 3. The van der Waals surface area contributed by atoms with Crippen molar-refractivity contribution in [3.63, 3.8) is 0 Å². The van der Waals surface area contributed by atoms with Crippen LogP contribution in [0.1, 0.15) is 83.8 Å². The lowest BCUT2D eigenvalue weighted by atomic mass is 9.82. The van der Waals surface area contributed by atoms with Crippen molar-refractivity contribution < 1.29 is 27.6 Å². The van der Waals surface area contributed by atoms with Gasteiger partial charge in [0.25, 0.3) is 17.7 Å². The van der Waals surface area contributed by atoms with E-state index >= 15 is 0 Å². The molecule has 2 aromatic rings. The number of nitrogens with one attached hydrogen (secondary N) is 1. The maximum absolute atomic E-state index is 13.9. The molecule has 5 rings (SSSR count). The number of hydrogen-bond acceptors (Lipinski definition) is 5. The van der Waals surface area contributed by atoms with Gasteiger partial charge in [-0.3, -0.25) is 19.3 Å². The van der Waals surface area contributed by atoms with Crippen molar-refractivity contribution in [2.45, 2.75) is 76.7 Å². The van der Waals surface area contributed by atoms with E-state index in [1.807, 2.05) is 6.92 Å². The molecule has 1 N–H and O–H groups in total. The number of nitrogens with zero attached hydrogens (tertiary/aromatic N) is 5. The first kappa shape index (κ1) is 27.7. The van der Waals surface area contributed by atoms with Gasteiger partial charge in [-0.15, -0.1) is 0 Å². The average molecular weight is 557 g/mol. The highest BCUT2D eigenvalue weighted by atomic mass is 19.4. The molecule has 3 amide bonds. The summed E-state index contributed by atoms with van der Waals surface area (Å²) in [5, 5.41) is 17.0. The van der Waals surface area contributed by atoms with Crippen LogP contribution in [0.4, 0.5) is 19.0 Å². The van der Waals surface area contributed by atoms with Gasteiger partial charge >= 0.3 is 6.18 Å². The molecule has 212 valence electrons. The van der Waals surface area contributed by atoms with Gasteiger partial charge in [-0.05, 0) is 63.1 Å². The van der Waals surface area contributed by atoms with Crippen molar-refractivity contribution in [2.75, 3.05) is 18.0 Å². The van der Waals surface area contributed by atoms with Crippen molar-refractivity contribution >= 4 is 23.5 Å². The molecule has 2 aliphatic heterocycles. The summed E-state index contributed by atoms with van der Waals surface area (Å²) >= 11 is 0. The second-order valence-electron chi connectivity index (χ2n) is 10.6. The van der Waals surface area contributed by atoms with Crippen LogP contribution in [0.25, 0.3) is 0 Å². The van der Waals surface area contributed by atoms with Gasteiger partial charge in [0.15, 0.2) is 5.69 Å². The number of likely N-dealkylation sites (tertiary alicyclic amines) is 1. The lowest BCUT2D eigenvalue weighted by Crippen LogP contribution is -2.56. The monoisotopic (exact) mass is 556 g/mol. The van der Waals surface area contributed by atoms with Crippen LogP contribution >= 0.6 is 0 Å². The first-order chi connectivity index (χ1) is 19.1. The minimum Gasteiger partial charge on any atom is -0.340 e. The summed E-state index contributed by atoms with van der Waals surface area (Å²) in [5.74, 6) is -1.63. The fourth-order valence-electron chi connectivity index (χ4n) is 5.94. The third-order valence-electron chi connectivity index (χ3n) is 7.93. The number of carbonyl (C=O) groups excluding carboxylic acids is 3. The van der Waals surface area contributed by atoms with Gasteiger partial charge in [-0.2, -0.15) is 23.5 Å². The van der Waals surface area contributed by atoms with Crippen LogP contribution in [0, 0.1) is 17.2 Å². The van der Waals surface area contributed by atoms with Crippen molar-refractivity contribution in [3.8, 4) is 6.07 Å². The number of aryl methyl sites for hydroxylation is 1. The fraction of sp³-hybridized carbons (Fsp3) is 0.536. The average Bonchev–Trinajstić information content (AvgIpc) is 3.54. The number of amides is 3. The van der Waals surface area contributed by atoms with Crippen LogP contribution in [0.3, 0.4) is 0 Å². The molecule has 1 aromatic carbocycles. The Morgan fingerprint density at radius 2 is 1.95 bits per heavy atom. The van der Waals surface area contributed by atoms with E-state index < -0.39 is 35.6 Å². The minimum atomic E-state index is -4.62. The van der Waals surface area contributed by atoms with Crippen molar-refractivity contribution in [1.82, 2.24) is 20.0 Å². The Labute approximate surface area is 229 Å². The van der Waals surface area contributed by atoms with Crippen LogP contribution < -0.4 is 10.2 Å². The van der Waals surface area contributed by atoms with Crippen LogP contribution in [-0.2, 0) is 17.5 Å². The number of likely N-dealkylation sites (N-methyl/N-ethyl adjacent to an activating group) is 1. The van der Waals surface area contributed by atoms with Gasteiger partial charge in [-0.1, -0.05) is 13.0 Å². The number of carbonyl (C=O) groups is 3. The van der Waals surface area contributed by atoms with Crippen LogP contribution in [0.5, 0.6) is 0 Å². The predicted octanol–water partition coefficient (Wildman–Crippen LogP) is 4.10. The molecule has 1 aromatic heterocycles. The van der Waals surface area contributed by atoms with E-state index in [0.717, 1.165) is 31.0 Å². The van der Waals surface area contributed by atoms with E-state index in [0.29, 0.717) is 43.7 Å². The number of aromatic nitrogens is 2. The molecule has 2 fully saturated rings. The van der Waals surface area contributed by atoms with E-state index in [9.17, 15) is 32.8 Å². The van der Waals surface area contributed by atoms with Crippen molar-refractivity contribution in [1.29, 1.82) is 5.26 Å². The second-order valence-corrected chi connectivity index (χ2v) is 10.6. The SMILES string of the molecule is CCCn1nc(C(=O)N2CCC[C@H]2C#N)c2c1N(CC)C(=O)[C@@H](NC(=O)c1cccc(C(F)(F)F)c1)[C@H]2C1CC1. The molecule has 3 atom stereocenters. The number of hydrogen-bond donors (Lipinski definition) is 1. The molecule has 3 heterocycles. The van der Waals surface area contributed by atoms with E-state index in [1.165, 1.54) is 15.9 Å². The van der Waals surface area contributed by atoms with Gasteiger partial charge in [0.05, 0.1) is 11.6 Å². The highest BCUT2D eigenvalue weighted by Gasteiger charge is 2.52. The van der Waals surface area contributed by atoms with E-state index in [-0.39, 0.29) is 35.5 Å². The number of nitriles is 1. The molecule has 0 unspecified atom stereocenters. The summed E-state index contributed by atoms with van der Waals surface area (Å²) in [7, 11) is 0. The van der Waals surface area contributed by atoms with Gasteiger partial charge in [0.2, 0.25) is 0 Å².